The Balaban J connectivity index is 1.91. The first-order valence-corrected chi connectivity index (χ1v) is 15.1. The molecule has 3 aromatic rings. The van der Waals surface area contributed by atoms with Gasteiger partial charge in [-0.2, -0.15) is 0 Å². The van der Waals surface area contributed by atoms with Gasteiger partial charge in [0.05, 0.1) is 32.5 Å². The molecule has 0 spiro atoms. The van der Waals surface area contributed by atoms with Crippen LogP contribution >= 0.6 is 7.37 Å². The lowest BCUT2D eigenvalue weighted by molar-refractivity contribution is -0.187. The van der Waals surface area contributed by atoms with E-state index in [0.717, 1.165) is 16.7 Å². The van der Waals surface area contributed by atoms with Gasteiger partial charge in [-0.1, -0.05) is 97.9 Å². The molecule has 1 amide bonds. The first-order valence-electron chi connectivity index (χ1n) is 13.1. The molecule has 2 N–H and O–H groups in total. The second-order valence-corrected chi connectivity index (χ2v) is 12.1. The molecule has 0 saturated carbocycles. The second-order valence-electron chi connectivity index (χ2n) is 9.33. The van der Waals surface area contributed by atoms with Crippen LogP contribution in [0.5, 0.6) is 0 Å². The average molecular weight is 556 g/mol. The smallest absolute Gasteiger partial charge is 0.233 e. The number of ether oxygens (including phenoxy) is 3. The lowest BCUT2D eigenvalue weighted by Crippen LogP contribution is -2.48. The van der Waals surface area contributed by atoms with Crippen LogP contribution in [0.1, 0.15) is 30.0 Å². The lowest BCUT2D eigenvalue weighted by Gasteiger charge is -2.35. The average Bonchev–Trinajstić information content (AvgIpc) is 2.98. The van der Waals surface area contributed by atoms with E-state index in [1.54, 1.807) is 6.92 Å². The first-order chi connectivity index (χ1) is 18.9. The van der Waals surface area contributed by atoms with E-state index in [1.165, 1.54) is 0 Å². The van der Waals surface area contributed by atoms with Gasteiger partial charge >= 0.3 is 0 Å². The Hall–Kier alpha value is -2.84. The van der Waals surface area contributed by atoms with Crippen LogP contribution in [0.25, 0.3) is 0 Å². The van der Waals surface area contributed by atoms with Crippen molar-refractivity contribution >= 4 is 13.8 Å². The summed E-state index contributed by atoms with van der Waals surface area (Å²) in [5.74, 6) is 0. The molecule has 0 aliphatic carbocycles. The van der Waals surface area contributed by atoms with Crippen molar-refractivity contribution in [3.05, 3.63) is 108 Å². The van der Waals surface area contributed by atoms with Gasteiger partial charge in [0.25, 0.3) is 0 Å². The zero-order chi connectivity index (χ0) is 27.9. The van der Waals surface area contributed by atoms with Gasteiger partial charge in [-0.05, 0) is 23.1 Å². The summed E-state index contributed by atoms with van der Waals surface area (Å²) >= 11 is 0. The number of hydrogen-bond donors (Lipinski definition) is 2. The molecule has 0 aromatic heterocycles. The molecule has 3 aromatic carbocycles. The van der Waals surface area contributed by atoms with E-state index < -0.39 is 25.7 Å². The highest BCUT2D eigenvalue weighted by atomic mass is 31.2. The van der Waals surface area contributed by atoms with Gasteiger partial charge in [0.15, 0.2) is 7.37 Å². The van der Waals surface area contributed by atoms with Crippen LogP contribution in [0.3, 0.4) is 0 Å². The van der Waals surface area contributed by atoms with Crippen LogP contribution in [-0.4, -0.2) is 58.8 Å². The zero-order valence-corrected chi connectivity index (χ0v) is 23.1. The minimum atomic E-state index is -3.36. The van der Waals surface area contributed by atoms with E-state index in [9.17, 15) is 19.5 Å². The van der Waals surface area contributed by atoms with E-state index in [0.29, 0.717) is 11.5 Å². The lowest BCUT2D eigenvalue weighted by atomic mass is 10.0. The standard InChI is InChI=1S/C30H38NO7P/c1-2-39(34,35)19-18-28(36-21-25-12-6-3-7-13-25)30(38-23-27-16-10-5-11-17-27)29(20-31(33)24-32)37-22-26-14-8-4-9-15-26/h3-17,24,28-30,33H,2,18-23H2,1H3,(H,34,35)/t28-,29-,30-/m1/s1. The summed E-state index contributed by atoms with van der Waals surface area (Å²) in [7, 11) is -3.36. The zero-order valence-electron chi connectivity index (χ0n) is 22.2. The predicted molar refractivity (Wildman–Crippen MR) is 149 cm³/mol. The van der Waals surface area contributed by atoms with Crippen LogP contribution in [0.15, 0.2) is 91.0 Å². The highest BCUT2D eigenvalue weighted by molar-refractivity contribution is 7.57. The van der Waals surface area contributed by atoms with Crippen LogP contribution < -0.4 is 0 Å². The second kappa shape index (κ2) is 16.3. The molecule has 0 fully saturated rings. The van der Waals surface area contributed by atoms with Crippen LogP contribution in [0, 0.1) is 0 Å². The minimum Gasteiger partial charge on any atom is -0.371 e. The van der Waals surface area contributed by atoms with Crippen LogP contribution in [0.4, 0.5) is 0 Å². The Kier molecular flexibility index (Phi) is 12.8. The van der Waals surface area contributed by atoms with Gasteiger partial charge < -0.3 is 19.1 Å². The Labute approximate surface area is 230 Å². The molecule has 8 nitrogen and oxygen atoms in total. The predicted octanol–water partition coefficient (Wildman–Crippen LogP) is 5.27. The third-order valence-corrected chi connectivity index (χ3v) is 8.32. The fourth-order valence-electron chi connectivity index (χ4n) is 4.08. The van der Waals surface area contributed by atoms with Crippen molar-refractivity contribution < 1.29 is 33.7 Å². The van der Waals surface area contributed by atoms with Gasteiger partial charge in [-0.3, -0.25) is 14.6 Å². The highest BCUT2D eigenvalue weighted by Gasteiger charge is 2.35. The molecule has 0 bridgehead atoms. The largest absolute Gasteiger partial charge is 0.371 e. The van der Waals surface area contributed by atoms with Crippen LogP contribution in [0.2, 0.25) is 0 Å². The number of nitrogens with zero attached hydrogens (tertiary/aromatic N) is 1. The fraction of sp³-hybridized carbons (Fsp3) is 0.367. The summed E-state index contributed by atoms with van der Waals surface area (Å²) in [5.41, 5.74) is 2.77. The molecule has 4 atom stereocenters. The normalized spacial score (nSPS) is 15.2. The quantitative estimate of drug-likeness (QED) is 0.0953. The van der Waals surface area contributed by atoms with Gasteiger partial charge in [0.1, 0.15) is 12.2 Å². The molecule has 0 heterocycles. The summed E-state index contributed by atoms with van der Waals surface area (Å²) < 4.78 is 31.6. The van der Waals surface area contributed by atoms with Crippen molar-refractivity contribution in [2.45, 2.75) is 51.5 Å². The van der Waals surface area contributed by atoms with Crippen LogP contribution in [-0.2, 0) is 43.4 Å². The number of amides is 1. The van der Waals surface area contributed by atoms with Crippen molar-refractivity contribution in [3.8, 4) is 0 Å². The van der Waals surface area contributed by atoms with Crippen molar-refractivity contribution in [1.29, 1.82) is 0 Å². The maximum Gasteiger partial charge on any atom is 0.233 e. The molecular formula is C30H38NO7P. The SMILES string of the molecule is CCP(=O)(O)CC[C@@H](OCc1ccccc1)[C@@H](OCc1ccccc1)[C@@H](CN(O)C=O)OCc1ccccc1. The van der Waals surface area contributed by atoms with Crippen molar-refractivity contribution in [1.82, 2.24) is 5.06 Å². The van der Waals surface area contributed by atoms with E-state index in [2.05, 4.69) is 0 Å². The number of carbonyl (C=O) groups excluding carboxylic acids is 1. The van der Waals surface area contributed by atoms with Crippen molar-refractivity contribution in [3.63, 3.8) is 0 Å². The van der Waals surface area contributed by atoms with E-state index in [4.69, 9.17) is 14.2 Å². The van der Waals surface area contributed by atoms with Gasteiger partial charge in [-0.15, -0.1) is 0 Å². The third kappa shape index (κ3) is 11.0. The minimum absolute atomic E-state index is 0.0378. The summed E-state index contributed by atoms with van der Waals surface area (Å²) in [6.07, 6.45) is -1.51. The summed E-state index contributed by atoms with van der Waals surface area (Å²) in [5, 5.41) is 10.7. The molecule has 0 saturated heterocycles. The molecule has 0 aliphatic heterocycles. The fourth-order valence-corrected chi connectivity index (χ4v) is 5.06. The van der Waals surface area contributed by atoms with E-state index in [1.807, 2.05) is 91.0 Å². The maximum atomic E-state index is 12.6. The van der Waals surface area contributed by atoms with Gasteiger partial charge in [0, 0.05) is 12.3 Å². The molecule has 0 radical (unpaired) electrons. The number of hydrogen-bond acceptors (Lipinski definition) is 6. The highest BCUT2D eigenvalue weighted by Crippen LogP contribution is 2.41. The molecule has 3 rings (SSSR count). The third-order valence-electron chi connectivity index (χ3n) is 6.38. The molecule has 0 aliphatic rings. The molecule has 9 heteroatoms. The van der Waals surface area contributed by atoms with Crippen molar-refractivity contribution in [2.24, 2.45) is 0 Å². The van der Waals surface area contributed by atoms with E-state index >= 15 is 0 Å². The molecule has 39 heavy (non-hydrogen) atoms. The maximum absolute atomic E-state index is 12.6. The monoisotopic (exact) mass is 555 g/mol. The van der Waals surface area contributed by atoms with E-state index in [-0.39, 0.29) is 45.1 Å². The molecule has 1 unspecified atom stereocenters. The Bertz CT molecular complexity index is 1130. The summed E-state index contributed by atoms with van der Waals surface area (Å²) in [4.78, 5) is 21.7. The number of rotatable bonds is 18. The summed E-state index contributed by atoms with van der Waals surface area (Å²) in [6.45, 7) is 2.19. The first kappa shape index (κ1) is 30.7. The van der Waals surface area contributed by atoms with Crippen molar-refractivity contribution in [2.75, 3.05) is 18.9 Å². The number of benzene rings is 3. The van der Waals surface area contributed by atoms with Gasteiger partial charge in [0.2, 0.25) is 6.41 Å². The topological polar surface area (TPSA) is 106 Å². The molecule has 210 valence electrons. The number of carbonyl (C=O) groups is 1. The van der Waals surface area contributed by atoms with Gasteiger partial charge in [-0.25, -0.2) is 5.06 Å². The summed E-state index contributed by atoms with van der Waals surface area (Å²) in [6, 6.07) is 28.7. The Morgan fingerprint density at radius 2 is 1.21 bits per heavy atom. The Morgan fingerprint density at radius 3 is 1.64 bits per heavy atom. The number of hydroxylamine groups is 2. The molecular weight excluding hydrogens is 517 g/mol. The Morgan fingerprint density at radius 1 is 0.769 bits per heavy atom.